The van der Waals surface area contributed by atoms with Gasteiger partial charge in [0.2, 0.25) is 5.65 Å². The number of H-pyrrole nitrogens is 1. The molecule has 0 amide bonds. The highest BCUT2D eigenvalue weighted by atomic mass is 15.4. The van der Waals surface area contributed by atoms with Gasteiger partial charge in [0.05, 0.1) is 11.4 Å². The van der Waals surface area contributed by atoms with E-state index in [1.54, 1.807) is 4.68 Å². The van der Waals surface area contributed by atoms with E-state index in [0.29, 0.717) is 0 Å². The van der Waals surface area contributed by atoms with E-state index < -0.39 is 0 Å². The van der Waals surface area contributed by atoms with Crippen molar-refractivity contribution >= 4 is 11.2 Å². The molecule has 15 heavy (non-hydrogen) atoms. The Balaban J connectivity index is 2.32. The van der Waals surface area contributed by atoms with Crippen molar-refractivity contribution in [2.45, 2.75) is 6.92 Å². The van der Waals surface area contributed by atoms with Crippen molar-refractivity contribution in [3.8, 4) is 5.69 Å². The second-order valence-corrected chi connectivity index (χ2v) is 3.33. The molecule has 1 aromatic carbocycles. The van der Waals surface area contributed by atoms with Gasteiger partial charge >= 0.3 is 0 Å². The smallest absolute Gasteiger partial charge is 0.205 e. The Morgan fingerprint density at radius 2 is 1.93 bits per heavy atom. The third-order valence-corrected chi connectivity index (χ3v) is 2.32. The van der Waals surface area contributed by atoms with Gasteiger partial charge in [-0.15, -0.1) is 5.10 Å². The lowest BCUT2D eigenvalue weighted by Crippen LogP contribution is -1.96. The molecule has 0 bridgehead atoms. The largest absolute Gasteiger partial charge is 0.211 e. The Hall–Kier alpha value is -2.17. The van der Waals surface area contributed by atoms with Crippen LogP contribution >= 0.6 is 0 Å². The van der Waals surface area contributed by atoms with Crippen LogP contribution in [0.3, 0.4) is 0 Å². The van der Waals surface area contributed by atoms with Gasteiger partial charge in [-0.1, -0.05) is 18.2 Å². The van der Waals surface area contributed by atoms with Crippen molar-refractivity contribution in [3.63, 3.8) is 0 Å². The van der Waals surface area contributed by atoms with Crippen LogP contribution in [-0.2, 0) is 0 Å². The first kappa shape index (κ1) is 8.16. The summed E-state index contributed by atoms with van der Waals surface area (Å²) in [4.78, 5) is 0. The normalized spacial score (nSPS) is 11.0. The number of hydrogen-bond acceptors (Lipinski definition) is 3. The van der Waals surface area contributed by atoms with Crippen molar-refractivity contribution in [1.82, 2.24) is 25.2 Å². The maximum absolute atomic E-state index is 4.39. The van der Waals surface area contributed by atoms with Crippen LogP contribution in [0.25, 0.3) is 16.9 Å². The third-order valence-electron chi connectivity index (χ3n) is 2.32. The fraction of sp³-hybridized carbons (Fsp3) is 0.100. The van der Waals surface area contributed by atoms with E-state index in [0.717, 1.165) is 22.5 Å². The molecule has 0 spiro atoms. The number of nitrogens with one attached hydrogen (secondary N) is 1. The molecule has 5 heteroatoms. The summed E-state index contributed by atoms with van der Waals surface area (Å²) in [7, 11) is 0. The number of aryl methyl sites for hydroxylation is 1. The van der Waals surface area contributed by atoms with Gasteiger partial charge in [0, 0.05) is 0 Å². The highest BCUT2D eigenvalue weighted by molar-refractivity contribution is 5.74. The summed E-state index contributed by atoms with van der Waals surface area (Å²) in [5.41, 5.74) is 3.45. The Kier molecular flexibility index (Phi) is 1.58. The molecule has 0 unspecified atom stereocenters. The van der Waals surface area contributed by atoms with Crippen LogP contribution in [0.5, 0.6) is 0 Å². The van der Waals surface area contributed by atoms with Crippen molar-refractivity contribution in [1.29, 1.82) is 0 Å². The minimum Gasteiger partial charge on any atom is -0.211 e. The molecule has 5 nitrogen and oxygen atoms in total. The third kappa shape index (κ3) is 1.13. The first-order valence-corrected chi connectivity index (χ1v) is 4.68. The van der Waals surface area contributed by atoms with Crippen LogP contribution in [0.2, 0.25) is 0 Å². The molecule has 0 radical (unpaired) electrons. The predicted octanol–water partition coefficient (Wildman–Crippen LogP) is 1.45. The zero-order valence-corrected chi connectivity index (χ0v) is 8.18. The fourth-order valence-corrected chi connectivity index (χ4v) is 1.61. The first-order valence-electron chi connectivity index (χ1n) is 4.68. The van der Waals surface area contributed by atoms with E-state index in [-0.39, 0.29) is 0 Å². The monoisotopic (exact) mass is 199 g/mol. The summed E-state index contributed by atoms with van der Waals surface area (Å²) in [6, 6.07) is 9.89. The molecule has 0 fully saturated rings. The van der Waals surface area contributed by atoms with Crippen molar-refractivity contribution < 1.29 is 0 Å². The van der Waals surface area contributed by atoms with Gasteiger partial charge in [-0.2, -0.15) is 15.4 Å². The van der Waals surface area contributed by atoms with Gasteiger partial charge in [-0.05, 0) is 19.1 Å². The van der Waals surface area contributed by atoms with Gasteiger partial charge in [0.25, 0.3) is 0 Å². The minimum atomic E-state index is 0.763. The highest BCUT2D eigenvalue weighted by Crippen LogP contribution is 2.16. The number of rotatable bonds is 1. The summed E-state index contributed by atoms with van der Waals surface area (Å²) in [5.74, 6) is 0. The molecule has 3 aromatic rings. The number of benzene rings is 1. The molecule has 0 aliphatic rings. The maximum atomic E-state index is 4.39. The zero-order valence-electron chi connectivity index (χ0n) is 8.18. The molecule has 0 aliphatic carbocycles. The lowest BCUT2D eigenvalue weighted by Gasteiger charge is -1.99. The van der Waals surface area contributed by atoms with Gasteiger partial charge in [0.15, 0.2) is 5.52 Å². The molecule has 3 rings (SSSR count). The number of nitrogens with zero attached hydrogens (tertiary/aromatic N) is 4. The topological polar surface area (TPSA) is 59.4 Å². The fourth-order valence-electron chi connectivity index (χ4n) is 1.61. The number of fused-ring (bicyclic) bond motifs is 1. The lowest BCUT2D eigenvalue weighted by molar-refractivity contribution is 0.846. The predicted molar refractivity (Wildman–Crippen MR) is 55.7 cm³/mol. The van der Waals surface area contributed by atoms with E-state index in [1.807, 2.05) is 37.3 Å². The quantitative estimate of drug-likeness (QED) is 0.645. The molecule has 2 heterocycles. The van der Waals surface area contributed by atoms with Gasteiger partial charge in [-0.25, -0.2) is 4.68 Å². The number of para-hydroxylation sites is 1. The number of aromatic amines is 1. The van der Waals surface area contributed by atoms with Crippen molar-refractivity contribution in [2.24, 2.45) is 0 Å². The molecule has 0 saturated carbocycles. The van der Waals surface area contributed by atoms with Crippen LogP contribution in [0.15, 0.2) is 30.3 Å². The van der Waals surface area contributed by atoms with E-state index in [2.05, 4.69) is 20.5 Å². The van der Waals surface area contributed by atoms with Crippen LogP contribution in [0, 0.1) is 6.92 Å². The van der Waals surface area contributed by atoms with E-state index in [9.17, 15) is 0 Å². The summed E-state index contributed by atoms with van der Waals surface area (Å²) >= 11 is 0. The molecule has 1 N–H and O–H groups in total. The molecular weight excluding hydrogens is 190 g/mol. The average Bonchev–Trinajstić information content (AvgIpc) is 2.84. The van der Waals surface area contributed by atoms with E-state index >= 15 is 0 Å². The van der Waals surface area contributed by atoms with E-state index in [4.69, 9.17) is 0 Å². The highest BCUT2D eigenvalue weighted by Gasteiger charge is 2.11. The second kappa shape index (κ2) is 2.91. The Morgan fingerprint density at radius 3 is 2.73 bits per heavy atom. The van der Waals surface area contributed by atoms with E-state index in [1.165, 1.54) is 0 Å². The Morgan fingerprint density at radius 1 is 1.13 bits per heavy atom. The number of aromatic nitrogens is 5. The Labute approximate surface area is 85.7 Å². The summed E-state index contributed by atoms with van der Waals surface area (Å²) in [6.45, 7) is 1.92. The van der Waals surface area contributed by atoms with Crippen molar-refractivity contribution in [3.05, 3.63) is 36.0 Å². The molecule has 0 aliphatic heterocycles. The van der Waals surface area contributed by atoms with Gasteiger partial charge in [0.1, 0.15) is 0 Å². The molecule has 0 saturated heterocycles. The van der Waals surface area contributed by atoms with Crippen molar-refractivity contribution in [2.75, 3.05) is 0 Å². The van der Waals surface area contributed by atoms with Crippen LogP contribution in [0.4, 0.5) is 0 Å². The van der Waals surface area contributed by atoms with Gasteiger partial charge < -0.3 is 0 Å². The van der Waals surface area contributed by atoms with Crippen LogP contribution in [0.1, 0.15) is 5.69 Å². The first-order chi connectivity index (χ1) is 7.36. The summed E-state index contributed by atoms with van der Waals surface area (Å²) in [6.07, 6.45) is 0. The molecular formula is C10H9N5. The SMILES string of the molecule is Cc1nn(-c2ccccc2)c2n[nH]nc12. The lowest BCUT2D eigenvalue weighted by atomic mass is 10.3. The maximum Gasteiger partial charge on any atom is 0.205 e. The molecule has 2 aromatic heterocycles. The zero-order chi connectivity index (χ0) is 10.3. The molecule has 0 atom stereocenters. The standard InChI is InChI=1S/C10H9N5/c1-7-9-10(12-14-11-9)15(13-7)8-5-3-2-4-6-8/h2-6H,1H3,(H,11,12,14). The van der Waals surface area contributed by atoms with Gasteiger partial charge in [-0.3, -0.25) is 0 Å². The summed E-state index contributed by atoms with van der Waals surface area (Å²) in [5, 5.41) is 15.1. The average molecular weight is 199 g/mol. The Bertz CT molecular complexity index is 593. The molecule has 74 valence electrons. The number of hydrogen-bond donors (Lipinski definition) is 1. The van der Waals surface area contributed by atoms with Crippen LogP contribution in [-0.4, -0.2) is 25.2 Å². The van der Waals surface area contributed by atoms with Crippen LogP contribution < -0.4 is 0 Å². The summed E-state index contributed by atoms with van der Waals surface area (Å²) < 4.78 is 1.79. The second-order valence-electron chi connectivity index (χ2n) is 3.33. The minimum absolute atomic E-state index is 0.763.